The van der Waals surface area contributed by atoms with E-state index in [0.717, 1.165) is 31.2 Å². The van der Waals surface area contributed by atoms with Gasteiger partial charge in [-0.1, -0.05) is 31.9 Å². The van der Waals surface area contributed by atoms with E-state index in [1.54, 1.807) is 6.07 Å². The molecule has 1 aliphatic rings. The molecule has 0 saturated heterocycles. The van der Waals surface area contributed by atoms with Gasteiger partial charge in [0.05, 0.1) is 11.6 Å². The van der Waals surface area contributed by atoms with Crippen LogP contribution in [0.25, 0.3) is 0 Å². The summed E-state index contributed by atoms with van der Waals surface area (Å²) in [5.74, 6) is 0.141. The molecular formula is C15H18N2O. The molecule has 1 aromatic rings. The van der Waals surface area contributed by atoms with Gasteiger partial charge >= 0.3 is 0 Å². The van der Waals surface area contributed by atoms with Gasteiger partial charge in [-0.25, -0.2) is 0 Å². The number of carbonyl (C=O) groups is 1. The molecule has 94 valence electrons. The first-order valence-corrected chi connectivity index (χ1v) is 6.41. The minimum atomic E-state index is -0.188. The summed E-state index contributed by atoms with van der Waals surface area (Å²) >= 11 is 0. The lowest BCUT2D eigenvalue weighted by atomic mass is 9.88. The Hall–Kier alpha value is -1.82. The Bertz CT molecular complexity index is 482. The first kappa shape index (κ1) is 12.6. The first-order chi connectivity index (χ1) is 8.64. The molecule has 3 heteroatoms. The van der Waals surface area contributed by atoms with Crippen LogP contribution < -0.4 is 5.32 Å². The van der Waals surface area contributed by atoms with E-state index in [9.17, 15) is 4.79 Å². The minimum Gasteiger partial charge on any atom is -0.352 e. The van der Waals surface area contributed by atoms with Crippen molar-refractivity contribution in [2.24, 2.45) is 5.41 Å². The molecule has 0 bridgehead atoms. The van der Waals surface area contributed by atoms with Gasteiger partial charge in [-0.15, -0.1) is 0 Å². The van der Waals surface area contributed by atoms with Gasteiger partial charge < -0.3 is 5.32 Å². The number of hydrogen-bond donors (Lipinski definition) is 1. The van der Waals surface area contributed by atoms with Crippen LogP contribution in [0, 0.1) is 16.7 Å². The van der Waals surface area contributed by atoms with E-state index in [2.05, 4.69) is 11.4 Å². The minimum absolute atomic E-state index is 0.141. The van der Waals surface area contributed by atoms with Crippen LogP contribution in [0.5, 0.6) is 0 Å². The van der Waals surface area contributed by atoms with Crippen LogP contribution in [0.1, 0.15) is 43.7 Å². The summed E-state index contributed by atoms with van der Waals surface area (Å²) in [5, 5.41) is 11.8. The average Bonchev–Trinajstić information content (AvgIpc) is 2.84. The van der Waals surface area contributed by atoms with Gasteiger partial charge in [-0.05, 0) is 30.5 Å². The van der Waals surface area contributed by atoms with Gasteiger partial charge in [0.2, 0.25) is 5.91 Å². The predicted octanol–water partition coefficient (Wildman–Crippen LogP) is 2.75. The summed E-state index contributed by atoms with van der Waals surface area (Å²) < 4.78 is 0. The summed E-state index contributed by atoms with van der Waals surface area (Å²) in [6, 6.07) is 9.46. The topological polar surface area (TPSA) is 52.9 Å². The van der Waals surface area contributed by atoms with Crippen LogP contribution in [-0.4, -0.2) is 5.91 Å². The Morgan fingerprint density at radius 1 is 1.44 bits per heavy atom. The quantitative estimate of drug-likeness (QED) is 0.886. The molecule has 0 unspecified atom stereocenters. The number of nitrogens with zero attached hydrogens (tertiary/aromatic N) is 1. The summed E-state index contributed by atoms with van der Waals surface area (Å²) in [7, 11) is 0. The molecule has 0 radical (unpaired) electrons. The lowest BCUT2D eigenvalue weighted by Crippen LogP contribution is -2.36. The van der Waals surface area contributed by atoms with Gasteiger partial charge in [0.1, 0.15) is 0 Å². The highest BCUT2D eigenvalue weighted by Crippen LogP contribution is 2.37. The number of nitrogens with one attached hydrogen (secondary N) is 1. The van der Waals surface area contributed by atoms with Crippen molar-refractivity contribution in [3.05, 3.63) is 35.4 Å². The van der Waals surface area contributed by atoms with E-state index in [-0.39, 0.29) is 11.3 Å². The third kappa shape index (κ3) is 2.70. The highest BCUT2D eigenvalue weighted by molar-refractivity contribution is 5.82. The fraction of sp³-hybridized carbons (Fsp3) is 0.467. The number of hydrogen-bond acceptors (Lipinski definition) is 2. The monoisotopic (exact) mass is 242 g/mol. The van der Waals surface area contributed by atoms with Crippen LogP contribution >= 0.6 is 0 Å². The maximum atomic E-state index is 12.1. The Kier molecular flexibility index (Phi) is 3.66. The van der Waals surface area contributed by atoms with E-state index >= 15 is 0 Å². The van der Waals surface area contributed by atoms with Crippen molar-refractivity contribution >= 4 is 5.91 Å². The Labute approximate surface area is 108 Å². The fourth-order valence-corrected chi connectivity index (χ4v) is 2.53. The second kappa shape index (κ2) is 5.22. The molecule has 0 spiro atoms. The van der Waals surface area contributed by atoms with Crippen LogP contribution in [0.4, 0.5) is 0 Å². The first-order valence-electron chi connectivity index (χ1n) is 6.41. The van der Waals surface area contributed by atoms with E-state index < -0.39 is 0 Å². The zero-order valence-corrected chi connectivity index (χ0v) is 10.7. The zero-order valence-electron chi connectivity index (χ0n) is 10.7. The van der Waals surface area contributed by atoms with E-state index in [4.69, 9.17) is 5.26 Å². The second-order valence-electron chi connectivity index (χ2n) is 5.26. The van der Waals surface area contributed by atoms with Crippen molar-refractivity contribution in [1.82, 2.24) is 5.32 Å². The van der Waals surface area contributed by atoms with E-state index in [1.165, 1.54) is 0 Å². The Balaban J connectivity index is 1.95. The van der Waals surface area contributed by atoms with Gasteiger partial charge in [-0.2, -0.15) is 5.26 Å². The van der Waals surface area contributed by atoms with Crippen molar-refractivity contribution in [2.75, 3.05) is 0 Å². The SMILES string of the molecule is CC1(C(=O)NCc2cccc(C#N)c2)CCCC1. The number of carbonyl (C=O) groups excluding carboxylic acids is 1. The lowest BCUT2D eigenvalue weighted by molar-refractivity contribution is -0.130. The summed E-state index contributed by atoms with van der Waals surface area (Å²) in [4.78, 5) is 12.1. The largest absolute Gasteiger partial charge is 0.352 e. The van der Waals surface area contributed by atoms with Crippen molar-refractivity contribution in [3.63, 3.8) is 0 Å². The molecular weight excluding hydrogens is 224 g/mol. The molecule has 1 saturated carbocycles. The van der Waals surface area contributed by atoms with Crippen molar-refractivity contribution in [2.45, 2.75) is 39.2 Å². The summed E-state index contributed by atoms with van der Waals surface area (Å²) in [5.41, 5.74) is 1.42. The Morgan fingerprint density at radius 2 is 2.17 bits per heavy atom. The molecule has 1 fully saturated rings. The van der Waals surface area contributed by atoms with Gasteiger partial charge in [0.15, 0.2) is 0 Å². The van der Waals surface area contributed by atoms with Crippen molar-refractivity contribution in [3.8, 4) is 6.07 Å². The third-order valence-electron chi connectivity index (χ3n) is 3.76. The molecule has 1 N–H and O–H groups in total. The lowest BCUT2D eigenvalue weighted by Gasteiger charge is -2.22. The third-order valence-corrected chi connectivity index (χ3v) is 3.76. The molecule has 1 aliphatic carbocycles. The zero-order chi connectivity index (χ0) is 13.0. The molecule has 0 aliphatic heterocycles. The number of rotatable bonds is 3. The van der Waals surface area contributed by atoms with Crippen LogP contribution in [0.3, 0.4) is 0 Å². The second-order valence-corrected chi connectivity index (χ2v) is 5.26. The van der Waals surface area contributed by atoms with Crippen LogP contribution in [0.2, 0.25) is 0 Å². The number of nitriles is 1. The maximum absolute atomic E-state index is 12.1. The normalized spacial score (nSPS) is 17.1. The predicted molar refractivity (Wildman–Crippen MR) is 69.6 cm³/mol. The summed E-state index contributed by atoms with van der Waals surface area (Å²) in [6.07, 6.45) is 4.26. The van der Waals surface area contributed by atoms with Gasteiger partial charge in [-0.3, -0.25) is 4.79 Å². The average molecular weight is 242 g/mol. The highest BCUT2D eigenvalue weighted by Gasteiger charge is 2.35. The number of benzene rings is 1. The van der Waals surface area contributed by atoms with Crippen molar-refractivity contribution in [1.29, 1.82) is 5.26 Å². The molecule has 18 heavy (non-hydrogen) atoms. The molecule has 2 rings (SSSR count). The maximum Gasteiger partial charge on any atom is 0.226 e. The molecule has 1 amide bonds. The molecule has 3 nitrogen and oxygen atoms in total. The molecule has 0 aromatic heterocycles. The standard InChI is InChI=1S/C15H18N2O/c1-15(7-2-3-8-15)14(18)17-11-13-6-4-5-12(9-13)10-16/h4-6,9H,2-3,7-8,11H2,1H3,(H,17,18). The smallest absolute Gasteiger partial charge is 0.226 e. The number of amides is 1. The van der Waals surface area contributed by atoms with Gasteiger partial charge in [0, 0.05) is 12.0 Å². The van der Waals surface area contributed by atoms with E-state index in [0.29, 0.717) is 12.1 Å². The van der Waals surface area contributed by atoms with Crippen LogP contribution in [-0.2, 0) is 11.3 Å². The highest BCUT2D eigenvalue weighted by atomic mass is 16.2. The molecule has 0 heterocycles. The summed E-state index contributed by atoms with van der Waals surface area (Å²) in [6.45, 7) is 2.55. The van der Waals surface area contributed by atoms with Crippen LogP contribution in [0.15, 0.2) is 24.3 Å². The molecule has 0 atom stereocenters. The Morgan fingerprint density at radius 3 is 2.83 bits per heavy atom. The van der Waals surface area contributed by atoms with Crippen molar-refractivity contribution < 1.29 is 4.79 Å². The van der Waals surface area contributed by atoms with Gasteiger partial charge in [0.25, 0.3) is 0 Å². The van der Waals surface area contributed by atoms with E-state index in [1.807, 2.05) is 25.1 Å². The molecule has 1 aromatic carbocycles. The fourth-order valence-electron chi connectivity index (χ4n) is 2.53.